The lowest BCUT2D eigenvalue weighted by Gasteiger charge is -2.19. The van der Waals surface area contributed by atoms with Gasteiger partial charge in [0.1, 0.15) is 23.5 Å². The minimum atomic E-state index is -0.335. The predicted molar refractivity (Wildman–Crippen MR) is 84.7 cm³/mol. The van der Waals surface area contributed by atoms with E-state index in [1.807, 2.05) is 34.7 Å². The molecule has 6 nitrogen and oxygen atoms in total. The Morgan fingerprint density at radius 1 is 1.19 bits per heavy atom. The Hall–Kier alpha value is -1.85. The van der Waals surface area contributed by atoms with Gasteiger partial charge in [-0.1, -0.05) is 0 Å². The van der Waals surface area contributed by atoms with Crippen molar-refractivity contribution in [2.24, 2.45) is 0 Å². The van der Waals surface area contributed by atoms with Crippen molar-refractivity contribution in [3.8, 4) is 0 Å². The minimum absolute atomic E-state index is 0.0259. The van der Waals surface area contributed by atoms with Gasteiger partial charge in [-0.3, -0.25) is 4.79 Å². The van der Waals surface area contributed by atoms with E-state index in [0.717, 1.165) is 35.9 Å². The molecule has 3 N–H and O–H groups in total. The molecule has 2 rings (SSSR count). The summed E-state index contributed by atoms with van der Waals surface area (Å²) in [5, 5.41) is 9.21. The van der Waals surface area contributed by atoms with Crippen LogP contribution in [0.5, 0.6) is 0 Å². The third-order valence-electron chi connectivity index (χ3n) is 3.52. The fourth-order valence-corrected chi connectivity index (χ4v) is 2.12. The molecular formula is C15H25N5O. The van der Waals surface area contributed by atoms with Gasteiger partial charge in [-0.2, -0.15) is 0 Å². The number of nitrogens with zero attached hydrogens (tertiary/aromatic N) is 2. The zero-order chi connectivity index (χ0) is 15.6. The molecule has 1 amide bonds. The molecule has 1 aliphatic rings. The Bertz CT molecular complexity index is 525. The largest absolute Gasteiger partial charge is 0.373 e. The van der Waals surface area contributed by atoms with Gasteiger partial charge in [0.2, 0.25) is 5.91 Å². The molecule has 1 saturated carbocycles. The minimum Gasteiger partial charge on any atom is -0.373 e. The van der Waals surface area contributed by atoms with Gasteiger partial charge in [-0.05, 0) is 40.5 Å². The number of hydrogen-bond acceptors (Lipinski definition) is 5. The average molecular weight is 291 g/mol. The van der Waals surface area contributed by atoms with Gasteiger partial charge in [0, 0.05) is 24.6 Å². The van der Waals surface area contributed by atoms with Gasteiger partial charge in [0.05, 0.1) is 0 Å². The lowest BCUT2D eigenvalue weighted by Crippen LogP contribution is -2.41. The Morgan fingerprint density at radius 3 is 2.33 bits per heavy atom. The van der Waals surface area contributed by atoms with E-state index < -0.39 is 0 Å². The molecule has 1 aromatic heterocycles. The second-order valence-corrected chi connectivity index (χ2v) is 5.96. The first-order chi connectivity index (χ1) is 9.92. The molecule has 1 fully saturated rings. The van der Waals surface area contributed by atoms with Crippen molar-refractivity contribution in [2.75, 3.05) is 17.7 Å². The number of carbonyl (C=O) groups excluding carboxylic acids is 1. The van der Waals surface area contributed by atoms with E-state index in [1.54, 1.807) is 0 Å². The van der Waals surface area contributed by atoms with Crippen molar-refractivity contribution in [3.63, 3.8) is 0 Å². The zero-order valence-electron chi connectivity index (χ0n) is 13.4. The Labute approximate surface area is 126 Å². The maximum atomic E-state index is 12.0. The summed E-state index contributed by atoms with van der Waals surface area (Å²) in [6.07, 6.45) is 2.30. The fourth-order valence-electron chi connectivity index (χ4n) is 2.12. The van der Waals surface area contributed by atoms with Crippen LogP contribution < -0.4 is 16.0 Å². The van der Waals surface area contributed by atoms with Gasteiger partial charge in [0.15, 0.2) is 0 Å². The number of anilines is 2. The van der Waals surface area contributed by atoms with Crippen molar-refractivity contribution < 1.29 is 4.79 Å². The number of amides is 1. The molecule has 1 aromatic rings. The van der Waals surface area contributed by atoms with Crippen molar-refractivity contribution in [1.29, 1.82) is 0 Å². The average Bonchev–Trinajstić information content (AvgIpc) is 3.24. The first kappa shape index (κ1) is 15.5. The van der Waals surface area contributed by atoms with E-state index in [1.165, 1.54) is 0 Å². The van der Waals surface area contributed by atoms with Gasteiger partial charge >= 0.3 is 0 Å². The standard InChI is InChI=1S/C15H25N5O/c1-8(2)17-15(21)10(4)18-13-9(3)12(16-5)19-14(20-13)11-6-7-11/h8,10-11H,6-7H2,1-5H3,(H,17,21)(H2,16,18,19,20). The second kappa shape index (κ2) is 6.28. The van der Waals surface area contributed by atoms with Crippen LogP contribution in [-0.2, 0) is 4.79 Å². The molecule has 0 aromatic carbocycles. The summed E-state index contributed by atoms with van der Waals surface area (Å²) in [5.74, 6) is 2.87. The SMILES string of the molecule is CNc1nc(C2CC2)nc(NC(C)C(=O)NC(C)C)c1C. The van der Waals surface area contributed by atoms with E-state index >= 15 is 0 Å². The summed E-state index contributed by atoms with van der Waals surface area (Å²) in [4.78, 5) is 21.2. The van der Waals surface area contributed by atoms with Gasteiger partial charge in [0.25, 0.3) is 0 Å². The van der Waals surface area contributed by atoms with E-state index in [0.29, 0.717) is 5.92 Å². The second-order valence-electron chi connectivity index (χ2n) is 5.96. The third kappa shape index (κ3) is 3.83. The zero-order valence-corrected chi connectivity index (χ0v) is 13.4. The topological polar surface area (TPSA) is 78.9 Å². The molecule has 1 unspecified atom stereocenters. The van der Waals surface area contributed by atoms with Crippen LogP contribution in [0.4, 0.5) is 11.6 Å². The molecule has 0 saturated heterocycles. The van der Waals surface area contributed by atoms with Crippen LogP contribution in [0.2, 0.25) is 0 Å². The van der Waals surface area contributed by atoms with E-state index in [9.17, 15) is 4.79 Å². The lowest BCUT2D eigenvalue weighted by molar-refractivity contribution is -0.122. The lowest BCUT2D eigenvalue weighted by atomic mass is 10.2. The van der Waals surface area contributed by atoms with Crippen LogP contribution in [0.25, 0.3) is 0 Å². The summed E-state index contributed by atoms with van der Waals surface area (Å²) < 4.78 is 0. The maximum absolute atomic E-state index is 12.0. The quantitative estimate of drug-likeness (QED) is 0.747. The molecule has 0 radical (unpaired) electrons. The monoisotopic (exact) mass is 291 g/mol. The maximum Gasteiger partial charge on any atom is 0.242 e. The number of rotatable bonds is 6. The molecule has 21 heavy (non-hydrogen) atoms. The van der Waals surface area contributed by atoms with Crippen LogP contribution in [0.3, 0.4) is 0 Å². The molecule has 116 valence electrons. The molecule has 1 aliphatic carbocycles. The number of nitrogens with one attached hydrogen (secondary N) is 3. The predicted octanol–water partition coefficient (Wildman–Crippen LogP) is 2.03. The summed E-state index contributed by atoms with van der Waals surface area (Å²) >= 11 is 0. The summed E-state index contributed by atoms with van der Waals surface area (Å²) in [6, 6.07) is -0.208. The van der Waals surface area contributed by atoms with Crippen LogP contribution in [0.15, 0.2) is 0 Å². The number of aromatic nitrogens is 2. The Balaban J connectivity index is 2.18. The highest BCUT2D eigenvalue weighted by Gasteiger charge is 2.28. The van der Waals surface area contributed by atoms with E-state index in [4.69, 9.17) is 0 Å². The molecule has 0 aliphatic heterocycles. The Morgan fingerprint density at radius 2 is 1.81 bits per heavy atom. The highest BCUT2D eigenvalue weighted by atomic mass is 16.2. The van der Waals surface area contributed by atoms with Gasteiger partial charge in [-0.25, -0.2) is 9.97 Å². The van der Waals surface area contributed by atoms with Crippen LogP contribution in [-0.4, -0.2) is 35.0 Å². The van der Waals surface area contributed by atoms with Crippen LogP contribution in [0, 0.1) is 6.92 Å². The normalized spacial score (nSPS) is 15.7. The Kier molecular flexibility index (Phi) is 4.65. The summed E-state index contributed by atoms with van der Waals surface area (Å²) in [7, 11) is 1.85. The molecule has 6 heteroatoms. The fraction of sp³-hybridized carbons (Fsp3) is 0.667. The molecule has 0 spiro atoms. The highest BCUT2D eigenvalue weighted by Crippen LogP contribution is 2.39. The first-order valence-corrected chi connectivity index (χ1v) is 7.55. The third-order valence-corrected chi connectivity index (χ3v) is 3.52. The highest BCUT2D eigenvalue weighted by molar-refractivity contribution is 5.84. The molecule has 1 heterocycles. The van der Waals surface area contributed by atoms with E-state index in [2.05, 4.69) is 25.9 Å². The van der Waals surface area contributed by atoms with Crippen molar-refractivity contribution in [1.82, 2.24) is 15.3 Å². The number of hydrogen-bond donors (Lipinski definition) is 3. The van der Waals surface area contributed by atoms with Crippen LogP contribution in [0.1, 0.15) is 50.9 Å². The smallest absolute Gasteiger partial charge is 0.242 e. The first-order valence-electron chi connectivity index (χ1n) is 7.55. The van der Waals surface area contributed by atoms with E-state index in [-0.39, 0.29) is 18.0 Å². The number of carbonyl (C=O) groups is 1. The van der Waals surface area contributed by atoms with Crippen LogP contribution >= 0.6 is 0 Å². The molecule has 0 bridgehead atoms. The van der Waals surface area contributed by atoms with Crippen molar-refractivity contribution in [2.45, 2.75) is 58.5 Å². The van der Waals surface area contributed by atoms with Gasteiger partial charge < -0.3 is 16.0 Å². The van der Waals surface area contributed by atoms with Gasteiger partial charge in [-0.15, -0.1) is 0 Å². The van der Waals surface area contributed by atoms with Crippen molar-refractivity contribution >= 4 is 17.5 Å². The summed E-state index contributed by atoms with van der Waals surface area (Å²) in [6.45, 7) is 7.70. The summed E-state index contributed by atoms with van der Waals surface area (Å²) in [5.41, 5.74) is 0.936. The molecular weight excluding hydrogens is 266 g/mol. The molecule has 1 atom stereocenters. The van der Waals surface area contributed by atoms with Crippen molar-refractivity contribution in [3.05, 3.63) is 11.4 Å².